The van der Waals surface area contributed by atoms with E-state index >= 15 is 0 Å². The van der Waals surface area contributed by atoms with Gasteiger partial charge in [0.1, 0.15) is 0 Å². The Kier molecular flexibility index (Phi) is 14.9. The molecule has 0 aromatic rings. The maximum Gasteiger partial charge on any atom is 0.220 e. The summed E-state index contributed by atoms with van der Waals surface area (Å²) in [6.07, 6.45) is 14.4. The van der Waals surface area contributed by atoms with Crippen LogP contribution in [-0.4, -0.2) is 38.0 Å². The molecule has 0 saturated carbocycles. The first-order valence-electron chi connectivity index (χ1n) is 10.6. The highest BCUT2D eigenvalue weighted by molar-refractivity contribution is 5.76. The number of nitrogens with zero attached hydrogens (tertiary/aromatic N) is 1. The molecule has 0 aromatic heterocycles. The Balaban J connectivity index is 3.94. The highest BCUT2D eigenvalue weighted by atomic mass is 16.1. The number of hydrogen-bond acceptors (Lipinski definition) is 2. The maximum absolute atomic E-state index is 11.9. The number of hydrogen-bond donors (Lipinski definition) is 1. The summed E-state index contributed by atoms with van der Waals surface area (Å²) in [5, 5.41) is 3.00. The molecule has 0 aromatic carbocycles. The molecule has 156 valence electrons. The van der Waals surface area contributed by atoms with Gasteiger partial charge in [0.05, 0.1) is 0 Å². The largest absolute Gasteiger partial charge is 0.355 e. The van der Waals surface area contributed by atoms with Gasteiger partial charge in [-0.2, -0.15) is 0 Å². The average molecular weight is 377 g/mol. The van der Waals surface area contributed by atoms with Crippen LogP contribution in [0.3, 0.4) is 0 Å². The third-order valence-electron chi connectivity index (χ3n) is 4.69. The van der Waals surface area contributed by atoms with Crippen LogP contribution in [0.15, 0.2) is 34.9 Å². The van der Waals surface area contributed by atoms with E-state index in [0.717, 1.165) is 45.2 Å². The number of nitrogens with one attached hydrogen (secondary N) is 1. The fourth-order valence-corrected chi connectivity index (χ4v) is 2.86. The van der Waals surface area contributed by atoms with E-state index in [0.29, 0.717) is 12.3 Å². The van der Waals surface area contributed by atoms with Gasteiger partial charge in [-0.1, -0.05) is 41.9 Å². The summed E-state index contributed by atoms with van der Waals surface area (Å²) in [4.78, 5) is 14.0. The Hall–Kier alpha value is -1.35. The molecule has 0 aliphatic rings. The summed E-state index contributed by atoms with van der Waals surface area (Å²) >= 11 is 0. The lowest BCUT2D eigenvalue weighted by molar-refractivity contribution is -0.121. The van der Waals surface area contributed by atoms with E-state index in [1.165, 1.54) is 23.1 Å². The van der Waals surface area contributed by atoms with E-state index < -0.39 is 0 Å². The zero-order valence-corrected chi connectivity index (χ0v) is 19.0. The molecular formula is C24H44N2O. The molecule has 1 N–H and O–H groups in total. The molecule has 0 aliphatic heterocycles. The molecule has 0 radical (unpaired) electrons. The van der Waals surface area contributed by atoms with E-state index in [1.807, 2.05) is 14.1 Å². The van der Waals surface area contributed by atoms with Crippen LogP contribution in [0.1, 0.15) is 79.6 Å². The Bertz CT molecular complexity index is 497. The molecular weight excluding hydrogens is 332 g/mol. The first kappa shape index (κ1) is 25.6. The monoisotopic (exact) mass is 376 g/mol. The lowest BCUT2D eigenvalue weighted by Crippen LogP contribution is -2.32. The summed E-state index contributed by atoms with van der Waals surface area (Å²) in [5.74, 6) is 0.615. The first-order chi connectivity index (χ1) is 12.7. The molecule has 0 bridgehead atoms. The quantitative estimate of drug-likeness (QED) is 0.383. The van der Waals surface area contributed by atoms with Crippen LogP contribution in [0.25, 0.3) is 0 Å². The third-order valence-corrected chi connectivity index (χ3v) is 4.69. The molecule has 0 aliphatic carbocycles. The SMILES string of the molecule is CC(C)=CCCC(C)=CCCC(C)=CCCC(C)CC(=O)NCCN(C)C. The van der Waals surface area contributed by atoms with Crippen molar-refractivity contribution in [3.8, 4) is 0 Å². The minimum Gasteiger partial charge on any atom is -0.355 e. The van der Waals surface area contributed by atoms with Crippen LogP contribution >= 0.6 is 0 Å². The average Bonchev–Trinajstić information content (AvgIpc) is 2.53. The smallest absolute Gasteiger partial charge is 0.220 e. The molecule has 1 atom stereocenters. The van der Waals surface area contributed by atoms with Gasteiger partial charge in [-0.05, 0) is 86.2 Å². The molecule has 0 spiro atoms. The van der Waals surface area contributed by atoms with Gasteiger partial charge in [-0.15, -0.1) is 0 Å². The van der Waals surface area contributed by atoms with Crippen LogP contribution in [0.2, 0.25) is 0 Å². The van der Waals surface area contributed by atoms with Crippen molar-refractivity contribution in [2.24, 2.45) is 5.92 Å². The lowest BCUT2D eigenvalue weighted by Gasteiger charge is -2.13. The van der Waals surface area contributed by atoms with Crippen LogP contribution in [0.4, 0.5) is 0 Å². The van der Waals surface area contributed by atoms with Gasteiger partial charge in [-0.25, -0.2) is 0 Å². The van der Waals surface area contributed by atoms with Crippen LogP contribution in [0.5, 0.6) is 0 Å². The van der Waals surface area contributed by atoms with Gasteiger partial charge in [0.15, 0.2) is 0 Å². The predicted molar refractivity (Wildman–Crippen MR) is 120 cm³/mol. The number of amides is 1. The molecule has 0 fully saturated rings. The van der Waals surface area contributed by atoms with Crippen molar-refractivity contribution < 1.29 is 4.79 Å². The molecule has 3 heteroatoms. The summed E-state index contributed by atoms with van der Waals surface area (Å²) < 4.78 is 0. The van der Waals surface area contributed by atoms with Gasteiger partial charge >= 0.3 is 0 Å². The van der Waals surface area contributed by atoms with Crippen molar-refractivity contribution in [2.75, 3.05) is 27.2 Å². The lowest BCUT2D eigenvalue weighted by atomic mass is 9.99. The second-order valence-corrected chi connectivity index (χ2v) is 8.50. The minimum absolute atomic E-state index is 0.179. The second kappa shape index (κ2) is 15.7. The fourth-order valence-electron chi connectivity index (χ4n) is 2.86. The van der Waals surface area contributed by atoms with Crippen LogP contribution < -0.4 is 5.32 Å². The second-order valence-electron chi connectivity index (χ2n) is 8.50. The molecule has 0 rings (SSSR count). The Morgan fingerprint density at radius 2 is 1.48 bits per heavy atom. The van der Waals surface area contributed by atoms with Gasteiger partial charge in [-0.3, -0.25) is 4.79 Å². The van der Waals surface area contributed by atoms with E-state index in [9.17, 15) is 4.79 Å². The highest BCUT2D eigenvalue weighted by Crippen LogP contribution is 2.15. The molecule has 1 amide bonds. The zero-order valence-electron chi connectivity index (χ0n) is 19.0. The normalized spacial score (nSPS) is 13.6. The van der Waals surface area contributed by atoms with E-state index in [-0.39, 0.29) is 5.91 Å². The van der Waals surface area contributed by atoms with Crippen molar-refractivity contribution >= 4 is 5.91 Å². The van der Waals surface area contributed by atoms with Crippen molar-refractivity contribution in [2.45, 2.75) is 79.6 Å². The molecule has 3 nitrogen and oxygen atoms in total. The molecule has 1 unspecified atom stereocenters. The van der Waals surface area contributed by atoms with Gasteiger partial charge in [0.2, 0.25) is 5.91 Å². The molecule has 27 heavy (non-hydrogen) atoms. The Labute approximate surface area is 169 Å². The van der Waals surface area contributed by atoms with Crippen molar-refractivity contribution in [3.63, 3.8) is 0 Å². The topological polar surface area (TPSA) is 32.3 Å². The Morgan fingerprint density at radius 1 is 0.926 bits per heavy atom. The summed E-state index contributed by atoms with van der Waals surface area (Å²) in [5.41, 5.74) is 4.36. The van der Waals surface area contributed by atoms with E-state index in [2.05, 4.69) is 63.1 Å². The predicted octanol–water partition coefficient (Wildman–Crippen LogP) is 5.89. The number of allylic oxidation sites excluding steroid dienone is 6. The highest BCUT2D eigenvalue weighted by Gasteiger charge is 2.08. The van der Waals surface area contributed by atoms with Crippen LogP contribution in [0, 0.1) is 5.92 Å². The first-order valence-corrected chi connectivity index (χ1v) is 10.6. The number of carbonyl (C=O) groups excluding carboxylic acids is 1. The van der Waals surface area contributed by atoms with E-state index in [1.54, 1.807) is 0 Å². The van der Waals surface area contributed by atoms with E-state index in [4.69, 9.17) is 0 Å². The maximum atomic E-state index is 11.9. The summed E-state index contributed by atoms with van der Waals surface area (Å²) in [7, 11) is 4.04. The summed E-state index contributed by atoms with van der Waals surface area (Å²) in [6.45, 7) is 12.6. The number of carbonyl (C=O) groups is 1. The Morgan fingerprint density at radius 3 is 2.04 bits per heavy atom. The number of likely N-dealkylation sites (N-methyl/N-ethyl adjacent to an activating group) is 1. The zero-order chi connectivity index (χ0) is 20.7. The van der Waals surface area contributed by atoms with Gasteiger partial charge in [0, 0.05) is 19.5 Å². The minimum atomic E-state index is 0.179. The molecule has 0 saturated heterocycles. The van der Waals surface area contributed by atoms with Crippen molar-refractivity contribution in [1.29, 1.82) is 0 Å². The summed E-state index contributed by atoms with van der Waals surface area (Å²) in [6, 6.07) is 0. The van der Waals surface area contributed by atoms with Crippen molar-refractivity contribution in [3.05, 3.63) is 34.9 Å². The fraction of sp³-hybridized carbons (Fsp3) is 0.708. The number of rotatable bonds is 14. The standard InChI is InChI=1S/C24H44N2O/c1-20(2)11-8-12-21(3)13-9-14-22(4)15-10-16-23(5)19-24(27)25-17-18-26(6)7/h11,13,15,23H,8-10,12,14,16-19H2,1-7H3,(H,25,27). The van der Waals surface area contributed by atoms with Crippen molar-refractivity contribution in [1.82, 2.24) is 10.2 Å². The van der Waals surface area contributed by atoms with Crippen LogP contribution in [-0.2, 0) is 4.79 Å². The van der Waals surface area contributed by atoms with Gasteiger partial charge < -0.3 is 10.2 Å². The third kappa shape index (κ3) is 17.8. The molecule has 0 heterocycles. The van der Waals surface area contributed by atoms with Gasteiger partial charge in [0.25, 0.3) is 0 Å².